The van der Waals surface area contributed by atoms with E-state index in [-0.39, 0.29) is 80.1 Å². The van der Waals surface area contributed by atoms with Gasteiger partial charge in [-0.1, -0.05) is 97.1 Å². The van der Waals surface area contributed by atoms with Gasteiger partial charge in [-0.25, -0.2) is 110 Å². The molecule has 19 aromatic rings. The third-order valence-corrected chi connectivity index (χ3v) is 18.3. The van der Waals surface area contributed by atoms with E-state index in [1.165, 1.54) is 94.1 Å². The number of nitrogens with zero attached hydrogens (tertiary/aromatic N) is 27. The summed E-state index contributed by atoms with van der Waals surface area (Å²) < 4.78 is 97.6. The van der Waals surface area contributed by atoms with Gasteiger partial charge in [-0.3, -0.25) is 9.97 Å². The Kier molecular flexibility index (Phi) is 25.1. The Balaban J connectivity index is 0.000000117. The zero-order chi connectivity index (χ0) is 82.5. The van der Waals surface area contributed by atoms with Crippen LogP contribution < -0.4 is 5.73 Å². The maximum Gasteiger partial charge on any atom is 0.378 e. The topological polar surface area (TPSA) is 400 Å². The lowest BCUT2D eigenvalue weighted by Crippen LogP contribution is -2.09. The minimum absolute atomic E-state index is 0.0617. The number of hydrogen-bond donors (Lipinski definition) is 1. The van der Waals surface area contributed by atoms with Crippen LogP contribution in [0.1, 0.15) is 45.4 Å². The number of nitrogens with two attached hydrogens (primary N) is 1. The van der Waals surface area contributed by atoms with E-state index < -0.39 is 5.97 Å². The molecule has 5 aromatic carbocycles. The summed E-state index contributed by atoms with van der Waals surface area (Å²) in [4.78, 5) is 75.6. The molecule has 0 bridgehead atoms. The molecule has 0 aliphatic heterocycles. The average Bonchev–Trinajstić information content (AvgIpc) is 1.67. The summed E-state index contributed by atoms with van der Waals surface area (Å²) in [7, 11) is 0. The first-order chi connectivity index (χ1) is 58.8. The second-order valence-corrected chi connectivity index (χ2v) is 26.5. The number of halogens is 5. The van der Waals surface area contributed by atoms with Crippen LogP contribution in [0.3, 0.4) is 0 Å². The van der Waals surface area contributed by atoms with E-state index in [0.29, 0.717) is 130 Å². The molecule has 596 valence electrons. The smallest absolute Gasteiger partial charge is 0.378 e. The predicted octanol–water partition coefficient (Wildman–Crippen LogP) is 13.7. The van der Waals surface area contributed by atoms with Gasteiger partial charge in [0.2, 0.25) is 29.7 Å². The molecule has 0 saturated carbocycles. The third-order valence-electron chi connectivity index (χ3n) is 16.8. The molecule has 14 aromatic heterocycles. The molecule has 0 radical (unpaired) electrons. The summed E-state index contributed by atoms with van der Waals surface area (Å²) in [5, 5.41) is 34.4. The minimum Gasteiger partial charge on any atom is -0.460 e. The van der Waals surface area contributed by atoms with Crippen molar-refractivity contribution in [2.75, 3.05) is 12.3 Å². The molecule has 33 nitrogen and oxygen atoms in total. The van der Waals surface area contributed by atoms with Gasteiger partial charge in [0.1, 0.15) is 64.4 Å². The first-order valence-electron chi connectivity index (χ1n) is 35.9. The van der Waals surface area contributed by atoms with Crippen LogP contribution in [0.2, 0.25) is 0 Å². The van der Waals surface area contributed by atoms with Crippen LogP contribution in [-0.4, -0.2) is 146 Å². The molecule has 2 N–H and O–H groups in total. The van der Waals surface area contributed by atoms with E-state index in [0.717, 1.165) is 0 Å². The molecular formula is C80H59F5N28O5S2. The van der Waals surface area contributed by atoms with Crippen molar-refractivity contribution in [3.05, 3.63) is 319 Å². The number of ether oxygens (including phenoxy) is 1. The molecule has 120 heavy (non-hydrogen) atoms. The second-order valence-electron chi connectivity index (χ2n) is 24.8. The summed E-state index contributed by atoms with van der Waals surface area (Å²) in [5.41, 5.74) is 11.0. The number of carbonyl (C=O) groups is 1. The number of aromatic nitrogens is 27. The Morgan fingerprint density at radius 3 is 1.28 bits per heavy atom. The fourth-order valence-electron chi connectivity index (χ4n) is 11.2. The number of oxazole rings is 2. The lowest BCUT2D eigenvalue weighted by Gasteiger charge is -2.05. The second kappa shape index (κ2) is 38.0. The van der Waals surface area contributed by atoms with Crippen LogP contribution in [0.5, 0.6) is 0 Å². The Hall–Kier alpha value is -16.0. The number of carbonyl (C=O) groups excluding carboxylic acids is 1. The van der Waals surface area contributed by atoms with E-state index in [1.807, 2.05) is 11.4 Å². The van der Waals surface area contributed by atoms with Gasteiger partial charge in [0.25, 0.3) is 11.7 Å². The van der Waals surface area contributed by atoms with Crippen molar-refractivity contribution in [1.29, 1.82) is 0 Å². The average molecular weight is 1650 g/mol. The van der Waals surface area contributed by atoms with Gasteiger partial charge in [-0.15, -0.1) is 58.4 Å². The molecule has 40 heteroatoms. The summed E-state index contributed by atoms with van der Waals surface area (Å²) in [5.74, 6) is 2.50. The highest BCUT2D eigenvalue weighted by atomic mass is 32.1. The Morgan fingerprint density at radius 2 is 0.808 bits per heavy atom. The van der Waals surface area contributed by atoms with Crippen LogP contribution in [0.25, 0.3) is 103 Å². The molecule has 0 aliphatic rings. The number of pyridine rings is 2. The monoisotopic (exact) mass is 1650 g/mol. The molecule has 0 aliphatic carbocycles. The summed E-state index contributed by atoms with van der Waals surface area (Å²) in [6, 6.07) is 44.8. The molecule has 0 unspecified atom stereocenters. The van der Waals surface area contributed by atoms with E-state index in [2.05, 4.69) is 110 Å². The number of hydrogen-bond acceptors (Lipinski definition) is 30. The van der Waals surface area contributed by atoms with E-state index in [1.54, 1.807) is 203 Å². The Bertz CT molecular complexity index is 6340. The first kappa shape index (κ1) is 79.2. The van der Waals surface area contributed by atoms with E-state index >= 15 is 0 Å². The Morgan fingerprint density at radius 1 is 0.383 bits per heavy atom. The number of benzene rings is 5. The fraction of sp³-hybridized carbons (Fsp3) is 0.0875. The number of rotatable bonds is 21. The standard InChI is InChI=1S/C17H13FN6S.3C16H11FN6O.C15H13FN4O2S/c18-13-4-2-1-3-11(13)10-24-16(17-21-7-8-25-17)22-15(23-24)14-9-12(19)5-6-20-14;17-12-6-2-1-5-11(12)9-23-15(16-21-19-10-24-16)20-14(22-23)13-7-3-4-8-18-13;17-12-5-2-1-4-11(12)8-23-16(13-9-24-10-20-13)21-15(22-23)14-18-6-3-7-19-14;17-12-5-2-1-4-11(12)8-23-16(15-18-6-3-7-19-15)21-14(22-23)13-9-24-10-20-13;1-2-22-15(21)12-18-13(14-17-7-8-23-14)20(19-12)9-10-5-3-4-6-11(10)16/h1-9H,10H2,(H2,19,20);1-8,10H,9H2;2*1-7,9-10H,8H2;3-8H,2,9H2,1H3. The number of thiazole rings is 2. The van der Waals surface area contributed by atoms with Gasteiger partial charge < -0.3 is 23.7 Å². The van der Waals surface area contributed by atoms with Gasteiger partial charge in [-0.05, 0) is 73.7 Å². The SMILES string of the molecule is CCOC(=O)c1nc(-c2nccs2)n(Cc2ccccc2F)n1.Fc1ccccc1Cn1nc(-c2ccccn2)nc1-c1nnco1.Fc1ccccc1Cn1nc(-c2cocn2)nc1-c1ncccn1.Fc1ccccc1Cn1nc(-c2ncccn2)nc1-c1cocn1.Nc1ccnc(-c2nc(-c3nccs3)n(Cc3ccccc3F)n2)c1. The lowest BCUT2D eigenvalue weighted by molar-refractivity contribution is 0.0511. The van der Waals surface area contributed by atoms with Crippen molar-refractivity contribution in [1.82, 2.24) is 134 Å². The van der Waals surface area contributed by atoms with Crippen LogP contribution in [0.4, 0.5) is 27.6 Å². The first-order valence-corrected chi connectivity index (χ1v) is 37.7. The van der Waals surface area contributed by atoms with E-state index in [4.69, 9.17) is 23.7 Å². The van der Waals surface area contributed by atoms with Gasteiger partial charge in [0, 0.05) is 93.8 Å². The molecular weight excluding hydrogens is 1590 g/mol. The molecule has 14 heterocycles. The third kappa shape index (κ3) is 19.5. The fourth-order valence-corrected chi connectivity index (χ4v) is 12.5. The summed E-state index contributed by atoms with van der Waals surface area (Å²) >= 11 is 2.81. The zero-order valence-corrected chi connectivity index (χ0v) is 64.0. The maximum absolute atomic E-state index is 14.0. The van der Waals surface area contributed by atoms with Crippen molar-refractivity contribution in [2.45, 2.75) is 39.6 Å². The van der Waals surface area contributed by atoms with Crippen molar-refractivity contribution in [3.63, 3.8) is 0 Å². The predicted molar refractivity (Wildman–Crippen MR) is 423 cm³/mol. The highest BCUT2D eigenvalue weighted by Crippen LogP contribution is 2.29. The normalized spacial score (nSPS) is 10.8. The van der Waals surface area contributed by atoms with E-state index in [9.17, 15) is 26.7 Å². The van der Waals surface area contributed by atoms with Crippen molar-refractivity contribution in [3.8, 4) is 103 Å². The Labute approximate surface area is 682 Å². The maximum atomic E-state index is 14.0. The van der Waals surface area contributed by atoms with Crippen LogP contribution in [0.15, 0.2) is 269 Å². The van der Waals surface area contributed by atoms with Crippen LogP contribution in [0, 0.1) is 29.1 Å². The zero-order valence-electron chi connectivity index (χ0n) is 62.4. The van der Waals surface area contributed by atoms with Crippen molar-refractivity contribution < 1.29 is 44.7 Å². The summed E-state index contributed by atoms with van der Waals surface area (Å²) in [6.07, 6.45) is 19.7. The lowest BCUT2D eigenvalue weighted by atomic mass is 10.2. The molecule has 0 amide bonds. The quantitative estimate of drug-likeness (QED) is 0.0515. The van der Waals surface area contributed by atoms with Crippen molar-refractivity contribution in [2.24, 2.45) is 0 Å². The molecule has 0 spiro atoms. The minimum atomic E-state index is -0.613. The van der Waals surface area contributed by atoms with Gasteiger partial charge in [0.15, 0.2) is 63.6 Å². The number of esters is 1. The molecule has 0 saturated heterocycles. The summed E-state index contributed by atoms with van der Waals surface area (Å²) in [6.45, 7) is 2.91. The largest absolute Gasteiger partial charge is 0.460 e. The highest BCUT2D eigenvalue weighted by Gasteiger charge is 2.25. The van der Waals surface area contributed by atoms with Gasteiger partial charge in [-0.2, -0.15) is 4.98 Å². The number of anilines is 1. The number of nitrogen functional groups attached to an aromatic ring is 1. The van der Waals surface area contributed by atoms with Crippen LogP contribution in [-0.2, 0) is 37.5 Å². The van der Waals surface area contributed by atoms with Gasteiger partial charge >= 0.3 is 5.97 Å². The highest BCUT2D eigenvalue weighted by molar-refractivity contribution is 7.13. The van der Waals surface area contributed by atoms with Crippen molar-refractivity contribution >= 4 is 34.3 Å². The molecule has 19 rings (SSSR count). The van der Waals surface area contributed by atoms with Gasteiger partial charge in [0.05, 0.1) is 39.3 Å². The van der Waals surface area contributed by atoms with Crippen LogP contribution >= 0.6 is 22.7 Å². The molecule has 0 atom stereocenters. The molecule has 0 fully saturated rings.